The maximum absolute atomic E-state index is 12.5. The van der Waals surface area contributed by atoms with E-state index in [0.29, 0.717) is 24.3 Å². The zero-order valence-electron chi connectivity index (χ0n) is 14.5. The van der Waals surface area contributed by atoms with Crippen molar-refractivity contribution in [1.29, 1.82) is 0 Å². The van der Waals surface area contributed by atoms with E-state index in [1.165, 1.54) is 0 Å². The van der Waals surface area contributed by atoms with Crippen LogP contribution in [-0.4, -0.2) is 60.9 Å². The van der Waals surface area contributed by atoms with Crippen LogP contribution in [0.3, 0.4) is 0 Å². The van der Waals surface area contributed by atoms with Gasteiger partial charge in [-0.2, -0.15) is 0 Å². The van der Waals surface area contributed by atoms with E-state index in [1.807, 2.05) is 24.9 Å². The zero-order valence-corrected chi connectivity index (χ0v) is 14.5. The van der Waals surface area contributed by atoms with Crippen molar-refractivity contribution in [1.82, 2.24) is 29.3 Å². The largest absolute Gasteiger partial charge is 0.348 e. The number of likely N-dealkylation sites (tertiary alicyclic amines) is 2. The van der Waals surface area contributed by atoms with Gasteiger partial charge in [0, 0.05) is 63.4 Å². The summed E-state index contributed by atoms with van der Waals surface area (Å²) in [6, 6.07) is 0.414. The number of imidazole rings is 2. The summed E-state index contributed by atoms with van der Waals surface area (Å²) in [4.78, 5) is 28.7. The van der Waals surface area contributed by atoms with E-state index in [-0.39, 0.29) is 0 Å². The molecule has 2 aromatic heterocycles. The summed E-state index contributed by atoms with van der Waals surface area (Å²) in [5, 5.41) is 0. The Labute approximate surface area is 148 Å². The van der Waals surface area contributed by atoms with E-state index in [4.69, 9.17) is 0 Å². The fourth-order valence-electron chi connectivity index (χ4n) is 4.30. The van der Waals surface area contributed by atoms with Gasteiger partial charge in [0.25, 0.3) is 0 Å². The molecular formula is C18H26N6O. The minimum Gasteiger partial charge on any atom is -0.348 e. The van der Waals surface area contributed by atoms with E-state index >= 15 is 0 Å². The summed E-state index contributed by atoms with van der Waals surface area (Å²) < 4.78 is 2.08. The monoisotopic (exact) mass is 342 g/mol. The lowest BCUT2D eigenvalue weighted by Crippen LogP contribution is -2.56. The number of amides is 1. The van der Waals surface area contributed by atoms with E-state index < -0.39 is 0 Å². The lowest BCUT2D eigenvalue weighted by molar-refractivity contribution is -0.141. The molecule has 1 amide bonds. The predicted molar refractivity (Wildman–Crippen MR) is 93.6 cm³/mol. The van der Waals surface area contributed by atoms with Crippen molar-refractivity contribution in [2.45, 2.75) is 44.8 Å². The van der Waals surface area contributed by atoms with E-state index in [2.05, 4.69) is 29.3 Å². The Morgan fingerprint density at radius 3 is 3.00 bits per heavy atom. The van der Waals surface area contributed by atoms with Gasteiger partial charge >= 0.3 is 0 Å². The van der Waals surface area contributed by atoms with Crippen LogP contribution in [0, 0.1) is 5.92 Å². The average molecular weight is 342 g/mol. The fraction of sp³-hybridized carbons (Fsp3) is 0.611. The number of H-pyrrole nitrogens is 1. The van der Waals surface area contributed by atoms with Gasteiger partial charge in [0.1, 0.15) is 5.82 Å². The molecule has 7 heteroatoms. The number of nitrogens with zero attached hydrogens (tertiary/aromatic N) is 5. The molecule has 4 rings (SSSR count). The Kier molecular flexibility index (Phi) is 4.83. The highest BCUT2D eigenvalue weighted by molar-refractivity contribution is 5.77. The van der Waals surface area contributed by atoms with Crippen molar-refractivity contribution in [3.8, 4) is 0 Å². The molecule has 2 aromatic rings. The molecule has 2 saturated heterocycles. The van der Waals surface area contributed by atoms with Gasteiger partial charge in [-0.15, -0.1) is 0 Å². The Hall–Kier alpha value is -2.15. The highest BCUT2D eigenvalue weighted by Crippen LogP contribution is 2.31. The summed E-state index contributed by atoms with van der Waals surface area (Å²) >= 11 is 0. The maximum atomic E-state index is 12.5. The molecule has 0 saturated carbocycles. The first-order chi connectivity index (χ1) is 12.3. The number of aromatic nitrogens is 4. The van der Waals surface area contributed by atoms with Crippen LogP contribution in [0.15, 0.2) is 31.1 Å². The highest BCUT2D eigenvalue weighted by atomic mass is 16.2. The van der Waals surface area contributed by atoms with Crippen molar-refractivity contribution >= 4 is 5.91 Å². The third-order valence-electron chi connectivity index (χ3n) is 5.53. The second kappa shape index (κ2) is 7.39. The van der Waals surface area contributed by atoms with E-state index in [0.717, 1.165) is 57.8 Å². The molecule has 0 radical (unpaired) electrons. The van der Waals surface area contributed by atoms with Gasteiger partial charge < -0.3 is 14.5 Å². The molecule has 4 heterocycles. The molecule has 0 unspecified atom stereocenters. The molecule has 0 spiro atoms. The van der Waals surface area contributed by atoms with E-state index in [1.54, 1.807) is 6.20 Å². The molecule has 2 aliphatic rings. The first kappa shape index (κ1) is 16.3. The van der Waals surface area contributed by atoms with Crippen LogP contribution in [0.2, 0.25) is 0 Å². The van der Waals surface area contributed by atoms with Gasteiger partial charge in [-0.05, 0) is 25.2 Å². The third-order valence-corrected chi connectivity index (χ3v) is 5.53. The summed E-state index contributed by atoms with van der Waals surface area (Å²) in [5.41, 5.74) is 0. The molecule has 2 fully saturated rings. The van der Waals surface area contributed by atoms with Gasteiger partial charge in [0.15, 0.2) is 0 Å². The van der Waals surface area contributed by atoms with Gasteiger partial charge in [-0.25, -0.2) is 9.97 Å². The van der Waals surface area contributed by atoms with Gasteiger partial charge in [0.2, 0.25) is 5.91 Å². The molecule has 134 valence electrons. The molecule has 0 aromatic carbocycles. The van der Waals surface area contributed by atoms with Crippen molar-refractivity contribution in [2.75, 3.05) is 19.6 Å². The Balaban J connectivity index is 1.32. The smallest absolute Gasteiger partial charge is 0.222 e. The summed E-state index contributed by atoms with van der Waals surface area (Å²) in [5.74, 6) is 1.96. The van der Waals surface area contributed by atoms with Gasteiger partial charge in [-0.1, -0.05) is 0 Å². The number of aromatic amines is 1. The topological polar surface area (TPSA) is 70.1 Å². The standard InChI is InChI=1S/C18H26N6O/c25-18-3-2-15-12-23(13-17-20-5-6-21-17)10-4-16(15)24(18)9-1-8-22-11-7-19-14-22/h5-7,11,14-16H,1-4,8-10,12-13H2,(H,20,21)/t15-,16+/m0/s1. The first-order valence-corrected chi connectivity index (χ1v) is 9.25. The molecule has 0 aliphatic carbocycles. The van der Waals surface area contributed by atoms with Crippen LogP contribution in [0.1, 0.15) is 31.5 Å². The lowest BCUT2D eigenvalue weighted by atomic mass is 9.83. The third kappa shape index (κ3) is 3.76. The highest BCUT2D eigenvalue weighted by Gasteiger charge is 2.38. The number of rotatable bonds is 6. The molecular weight excluding hydrogens is 316 g/mol. The normalized spacial score (nSPS) is 24.5. The van der Waals surface area contributed by atoms with Crippen molar-refractivity contribution < 1.29 is 4.79 Å². The molecule has 7 nitrogen and oxygen atoms in total. The van der Waals surface area contributed by atoms with Crippen LogP contribution < -0.4 is 0 Å². The number of piperidine rings is 2. The van der Waals surface area contributed by atoms with Gasteiger partial charge in [-0.3, -0.25) is 9.69 Å². The number of aryl methyl sites for hydroxylation is 1. The number of hydrogen-bond donors (Lipinski definition) is 1. The van der Waals surface area contributed by atoms with Gasteiger partial charge in [0.05, 0.1) is 12.9 Å². The fourth-order valence-corrected chi connectivity index (χ4v) is 4.30. The number of carbonyl (C=O) groups excluding carboxylic acids is 1. The Morgan fingerprint density at radius 2 is 2.20 bits per heavy atom. The molecule has 1 N–H and O–H groups in total. The lowest BCUT2D eigenvalue weighted by Gasteiger charge is -2.47. The van der Waals surface area contributed by atoms with Crippen LogP contribution in [-0.2, 0) is 17.9 Å². The van der Waals surface area contributed by atoms with E-state index in [9.17, 15) is 4.79 Å². The maximum Gasteiger partial charge on any atom is 0.222 e. The second-order valence-electron chi connectivity index (χ2n) is 7.17. The molecule has 2 aliphatic heterocycles. The average Bonchev–Trinajstić information content (AvgIpc) is 3.31. The van der Waals surface area contributed by atoms with Crippen LogP contribution in [0.5, 0.6) is 0 Å². The Morgan fingerprint density at radius 1 is 1.24 bits per heavy atom. The summed E-state index contributed by atoms with van der Waals surface area (Å²) in [6.07, 6.45) is 13.1. The molecule has 25 heavy (non-hydrogen) atoms. The summed E-state index contributed by atoms with van der Waals surface area (Å²) in [7, 11) is 0. The predicted octanol–water partition coefficient (Wildman–Crippen LogP) is 1.51. The van der Waals surface area contributed by atoms with Crippen molar-refractivity contribution in [2.24, 2.45) is 5.92 Å². The Bertz CT molecular complexity index is 668. The summed E-state index contributed by atoms with van der Waals surface area (Å²) in [6.45, 7) is 4.76. The quantitative estimate of drug-likeness (QED) is 0.864. The SMILES string of the molecule is O=C1CC[C@H]2CN(Cc3ncc[nH]3)CC[C@H]2N1CCCn1ccnc1. The number of hydrogen-bond acceptors (Lipinski definition) is 4. The number of nitrogens with one attached hydrogen (secondary N) is 1. The van der Waals surface area contributed by atoms with Crippen molar-refractivity contribution in [3.05, 3.63) is 36.9 Å². The first-order valence-electron chi connectivity index (χ1n) is 9.25. The number of carbonyl (C=O) groups is 1. The minimum atomic E-state index is 0.339. The second-order valence-corrected chi connectivity index (χ2v) is 7.17. The molecule has 0 bridgehead atoms. The molecule has 2 atom stereocenters. The van der Waals surface area contributed by atoms with Crippen LogP contribution in [0.25, 0.3) is 0 Å². The van der Waals surface area contributed by atoms with Crippen molar-refractivity contribution in [3.63, 3.8) is 0 Å². The van der Waals surface area contributed by atoms with Crippen LogP contribution in [0.4, 0.5) is 0 Å². The zero-order chi connectivity index (χ0) is 17.1. The number of fused-ring (bicyclic) bond motifs is 1. The minimum absolute atomic E-state index is 0.339. The van der Waals surface area contributed by atoms with Crippen LogP contribution >= 0.6 is 0 Å².